The molecule has 107 valence electrons. The quantitative estimate of drug-likeness (QED) is 0.421. The van der Waals surface area contributed by atoms with Crippen LogP contribution in [0.25, 0.3) is 0 Å². The van der Waals surface area contributed by atoms with Crippen LogP contribution in [0.4, 0.5) is 0 Å². The molecule has 18 heavy (non-hydrogen) atoms. The van der Waals surface area contributed by atoms with E-state index in [1.807, 2.05) is 6.07 Å². The molecule has 1 aromatic rings. The molecule has 1 saturated carbocycles. The fourth-order valence-electron chi connectivity index (χ4n) is 1.72. The third-order valence-corrected chi connectivity index (χ3v) is 2.72. The summed E-state index contributed by atoms with van der Waals surface area (Å²) in [6, 6.07) is 10.5. The van der Waals surface area contributed by atoms with E-state index in [1.165, 1.54) is 37.7 Å². The van der Waals surface area contributed by atoms with E-state index in [2.05, 4.69) is 38.1 Å². The van der Waals surface area contributed by atoms with Crippen LogP contribution in [0, 0.1) is 14.9 Å². The predicted molar refractivity (Wildman–Crippen MR) is 83.2 cm³/mol. The van der Waals surface area contributed by atoms with Crippen LogP contribution >= 0.6 is 0 Å². The van der Waals surface area contributed by atoms with E-state index < -0.39 is 0 Å². The smallest absolute Gasteiger partial charge is 0.358 e. The summed E-state index contributed by atoms with van der Waals surface area (Å²) >= 11 is 0. The first-order valence-corrected chi connectivity index (χ1v) is 5.85. The molecular weight excluding hydrogens is 260 g/mol. The summed E-state index contributed by atoms with van der Waals surface area (Å²) in [5.74, 6) is 0.659. The minimum atomic E-state index is 0. The monoisotopic (exact) mass is 292 g/mol. The van der Waals surface area contributed by atoms with Gasteiger partial charge in [0.15, 0.2) is 0 Å². The molecule has 0 saturated heterocycles. The van der Waals surface area contributed by atoms with Gasteiger partial charge in [0, 0.05) is 0 Å². The van der Waals surface area contributed by atoms with Crippen LogP contribution in [0.3, 0.4) is 0 Å². The predicted octanol–water partition coefficient (Wildman–Crippen LogP) is 6.29. The maximum atomic E-state index is 2.20. The molecule has 1 aromatic carbocycles. The summed E-state index contributed by atoms with van der Waals surface area (Å²) in [5, 5.41) is 0. The molecular formula is C17H32Fe+. The van der Waals surface area contributed by atoms with Gasteiger partial charge in [-0.15, -0.1) is 0 Å². The van der Waals surface area contributed by atoms with Gasteiger partial charge in [0.05, 0.1) is 0 Å². The maximum absolute atomic E-state index is 2.20. The van der Waals surface area contributed by atoms with Crippen molar-refractivity contribution in [2.45, 2.75) is 59.3 Å². The van der Waals surface area contributed by atoms with Gasteiger partial charge in [-0.05, 0) is 11.5 Å². The zero-order chi connectivity index (χ0) is 10.2. The van der Waals surface area contributed by atoms with Crippen molar-refractivity contribution in [3.05, 3.63) is 50.7 Å². The average molecular weight is 292 g/mol. The van der Waals surface area contributed by atoms with Crippen LogP contribution in [0.5, 0.6) is 0 Å². The van der Waals surface area contributed by atoms with Gasteiger partial charge in [-0.1, -0.05) is 83.7 Å². The Morgan fingerprint density at radius 2 is 1.11 bits per heavy atom. The van der Waals surface area contributed by atoms with Crippen LogP contribution in [0.15, 0.2) is 30.3 Å². The summed E-state index contributed by atoms with van der Waals surface area (Å²) in [4.78, 5) is 0. The second kappa shape index (κ2) is 16.7. The molecule has 0 bridgehead atoms. The number of hydrogen-bond donors (Lipinski definition) is 0. The van der Waals surface area contributed by atoms with E-state index in [-0.39, 0.29) is 39.3 Å². The Balaban J connectivity index is -0.0000000969. The molecule has 1 fully saturated rings. The average Bonchev–Trinajstić information content (AvgIpc) is 2.77. The largest absolute Gasteiger partial charge is 3.00 e. The minimum absolute atomic E-state index is 0. The molecule has 0 amide bonds. The van der Waals surface area contributed by atoms with Gasteiger partial charge in [0.2, 0.25) is 0 Å². The summed E-state index contributed by atoms with van der Waals surface area (Å²) in [7, 11) is 0. The van der Waals surface area contributed by atoms with Crippen molar-refractivity contribution in [1.29, 1.82) is 0 Å². The molecule has 0 heterocycles. The zero-order valence-electron chi connectivity index (χ0n) is 11.9. The summed E-state index contributed by atoms with van der Waals surface area (Å²) in [6.07, 6.45) is 7.50. The van der Waals surface area contributed by atoms with Crippen molar-refractivity contribution in [2.24, 2.45) is 0 Å². The first kappa shape index (κ1) is 26.3. The van der Waals surface area contributed by atoms with Crippen molar-refractivity contribution >= 4 is 0 Å². The standard InChI is InChI=1S/C9H12.C5H10.CH4.2CH3.Fe/c1-8(2)9-6-4-3-5-7-9;1-2-4-5-3-1;;;;/h3-8H,1-2H3;1-5H2;1H4;2*1H3;/q;;;2*-1;+3. The Bertz CT molecular complexity index is 217. The fourth-order valence-corrected chi connectivity index (χ4v) is 1.72. The molecule has 0 unspecified atom stereocenters. The molecule has 2 rings (SSSR count). The Morgan fingerprint density at radius 1 is 0.778 bits per heavy atom. The molecule has 0 N–H and O–H groups in total. The second-order valence-electron chi connectivity index (χ2n) is 4.33. The molecule has 1 aliphatic carbocycles. The van der Waals surface area contributed by atoms with Crippen LogP contribution in [0.1, 0.15) is 64.9 Å². The topological polar surface area (TPSA) is 0 Å². The molecule has 0 nitrogen and oxygen atoms in total. The van der Waals surface area contributed by atoms with E-state index in [0.29, 0.717) is 5.92 Å². The van der Waals surface area contributed by atoms with Crippen molar-refractivity contribution in [3.63, 3.8) is 0 Å². The first-order chi connectivity index (χ1) is 6.80. The SMILES string of the molecule is C.C1CCCC1.CC(C)c1ccccc1.[CH3-].[CH3-].[Fe+3]. The molecule has 0 aliphatic heterocycles. The molecule has 1 heteroatoms. The van der Waals surface area contributed by atoms with Crippen LogP contribution in [-0.4, -0.2) is 0 Å². The number of benzene rings is 1. The Morgan fingerprint density at radius 3 is 1.33 bits per heavy atom. The first-order valence-electron chi connectivity index (χ1n) is 5.85. The molecule has 1 aliphatic rings. The van der Waals surface area contributed by atoms with Crippen molar-refractivity contribution in [3.8, 4) is 0 Å². The Kier molecular flexibility index (Phi) is 24.5. The third kappa shape index (κ3) is 12.2. The number of hydrogen-bond acceptors (Lipinski definition) is 0. The second-order valence-corrected chi connectivity index (χ2v) is 4.33. The van der Waals surface area contributed by atoms with E-state index in [1.54, 1.807) is 0 Å². The van der Waals surface area contributed by atoms with E-state index >= 15 is 0 Å². The molecule has 0 spiro atoms. The van der Waals surface area contributed by atoms with Gasteiger partial charge in [0.25, 0.3) is 0 Å². The minimum Gasteiger partial charge on any atom is -0.358 e. The van der Waals surface area contributed by atoms with Gasteiger partial charge in [0.1, 0.15) is 0 Å². The van der Waals surface area contributed by atoms with Crippen LogP contribution < -0.4 is 0 Å². The van der Waals surface area contributed by atoms with Crippen molar-refractivity contribution < 1.29 is 17.1 Å². The van der Waals surface area contributed by atoms with Gasteiger partial charge in [-0.2, -0.15) is 0 Å². The van der Waals surface area contributed by atoms with Crippen LogP contribution in [0.2, 0.25) is 0 Å². The maximum Gasteiger partial charge on any atom is 3.00 e. The number of rotatable bonds is 1. The summed E-state index contributed by atoms with van der Waals surface area (Å²) in [6.45, 7) is 4.41. The third-order valence-electron chi connectivity index (χ3n) is 2.72. The molecule has 0 aromatic heterocycles. The zero-order valence-corrected chi connectivity index (χ0v) is 13.0. The molecule has 0 atom stereocenters. The summed E-state index contributed by atoms with van der Waals surface area (Å²) < 4.78 is 0. The molecule has 1 radical (unpaired) electrons. The van der Waals surface area contributed by atoms with Crippen LogP contribution in [-0.2, 0) is 17.1 Å². The summed E-state index contributed by atoms with van der Waals surface area (Å²) in [5.41, 5.74) is 1.41. The Labute approximate surface area is 127 Å². The fraction of sp³-hybridized carbons (Fsp3) is 0.529. The normalized spacial score (nSPS) is 11.7. The van der Waals surface area contributed by atoms with Gasteiger partial charge < -0.3 is 14.9 Å². The van der Waals surface area contributed by atoms with Gasteiger partial charge >= 0.3 is 17.1 Å². The van der Waals surface area contributed by atoms with E-state index in [0.717, 1.165) is 0 Å². The van der Waals surface area contributed by atoms with Crippen molar-refractivity contribution in [2.75, 3.05) is 0 Å². The van der Waals surface area contributed by atoms with Gasteiger partial charge in [-0.25, -0.2) is 0 Å². The van der Waals surface area contributed by atoms with Gasteiger partial charge in [-0.3, -0.25) is 0 Å². The van der Waals surface area contributed by atoms with E-state index in [4.69, 9.17) is 0 Å². The van der Waals surface area contributed by atoms with Crippen molar-refractivity contribution in [1.82, 2.24) is 0 Å². The Hall–Kier alpha value is -0.261. The van der Waals surface area contributed by atoms with E-state index in [9.17, 15) is 0 Å².